The number of ether oxygens (including phenoxy) is 2. The molecule has 3 atom stereocenters. The molecule has 0 amide bonds. The maximum Gasteiger partial charge on any atom is 0.161 e. The Balaban J connectivity index is 1.85. The summed E-state index contributed by atoms with van der Waals surface area (Å²) in [4.78, 5) is 18.1. The fourth-order valence-corrected chi connectivity index (χ4v) is 4.61. The summed E-state index contributed by atoms with van der Waals surface area (Å²) in [5, 5.41) is 9.95. The first-order valence-corrected chi connectivity index (χ1v) is 10.0. The molecule has 0 spiro atoms. The van der Waals surface area contributed by atoms with Crippen molar-refractivity contribution in [3.8, 4) is 17.6 Å². The molecule has 0 N–H and O–H groups in total. The first kappa shape index (κ1) is 19.9. The SMILES string of the molecule is COc1ccc(OC)c(C2C3=C(CC(c4ccccc4)CC3=O)N=C(C)C2C#N)c1. The van der Waals surface area contributed by atoms with E-state index in [1.165, 1.54) is 0 Å². The Labute approximate surface area is 176 Å². The highest BCUT2D eigenvalue weighted by atomic mass is 16.5. The first-order chi connectivity index (χ1) is 14.6. The first-order valence-electron chi connectivity index (χ1n) is 10.0. The van der Waals surface area contributed by atoms with Crippen LogP contribution in [0.5, 0.6) is 11.5 Å². The van der Waals surface area contributed by atoms with Gasteiger partial charge in [0.1, 0.15) is 11.5 Å². The van der Waals surface area contributed by atoms with E-state index in [2.05, 4.69) is 18.2 Å². The third-order valence-electron chi connectivity index (χ3n) is 6.07. The van der Waals surface area contributed by atoms with Gasteiger partial charge in [-0.25, -0.2) is 0 Å². The average Bonchev–Trinajstić information content (AvgIpc) is 2.78. The van der Waals surface area contributed by atoms with Gasteiger partial charge in [-0.15, -0.1) is 0 Å². The molecular weight excluding hydrogens is 376 g/mol. The molecule has 2 aromatic rings. The number of nitrogens with zero attached hydrogens (tertiary/aromatic N) is 2. The third-order valence-corrected chi connectivity index (χ3v) is 6.07. The number of hydrogen-bond donors (Lipinski definition) is 0. The van der Waals surface area contributed by atoms with Gasteiger partial charge >= 0.3 is 0 Å². The van der Waals surface area contributed by atoms with Gasteiger partial charge in [0.15, 0.2) is 5.78 Å². The molecule has 0 saturated carbocycles. The third kappa shape index (κ3) is 3.39. The molecule has 5 nitrogen and oxygen atoms in total. The molecule has 1 heterocycles. The fraction of sp³-hybridized carbons (Fsp3) is 0.320. The lowest BCUT2D eigenvalue weighted by atomic mass is 9.69. The molecule has 0 radical (unpaired) electrons. The second-order valence-electron chi connectivity index (χ2n) is 7.74. The van der Waals surface area contributed by atoms with Crippen LogP contribution in [-0.4, -0.2) is 25.7 Å². The van der Waals surface area contributed by atoms with Gasteiger partial charge < -0.3 is 9.47 Å². The van der Waals surface area contributed by atoms with Crippen LogP contribution in [0, 0.1) is 17.2 Å². The summed E-state index contributed by atoms with van der Waals surface area (Å²) in [6.45, 7) is 1.87. The molecule has 152 valence electrons. The van der Waals surface area contributed by atoms with E-state index in [1.54, 1.807) is 14.2 Å². The maximum absolute atomic E-state index is 13.4. The summed E-state index contributed by atoms with van der Waals surface area (Å²) >= 11 is 0. The molecule has 30 heavy (non-hydrogen) atoms. The topological polar surface area (TPSA) is 71.7 Å². The minimum atomic E-state index is -0.526. The van der Waals surface area contributed by atoms with Gasteiger partial charge in [-0.2, -0.15) is 5.26 Å². The Morgan fingerprint density at radius 1 is 1.07 bits per heavy atom. The molecule has 0 aromatic heterocycles. The predicted molar refractivity (Wildman–Crippen MR) is 115 cm³/mol. The van der Waals surface area contributed by atoms with Crippen LogP contribution in [0.25, 0.3) is 0 Å². The van der Waals surface area contributed by atoms with Gasteiger partial charge in [-0.3, -0.25) is 9.79 Å². The molecule has 2 aromatic carbocycles. The molecule has 2 aliphatic rings. The minimum Gasteiger partial charge on any atom is -0.497 e. The van der Waals surface area contributed by atoms with Crippen molar-refractivity contribution >= 4 is 11.5 Å². The van der Waals surface area contributed by atoms with Gasteiger partial charge in [0, 0.05) is 34.9 Å². The normalized spacial score (nSPS) is 23.3. The summed E-state index contributed by atoms with van der Waals surface area (Å²) in [7, 11) is 3.20. The maximum atomic E-state index is 13.4. The van der Waals surface area contributed by atoms with Crippen molar-refractivity contribution in [1.29, 1.82) is 5.26 Å². The highest BCUT2D eigenvalue weighted by Gasteiger charge is 2.42. The van der Waals surface area contributed by atoms with Gasteiger partial charge in [0.2, 0.25) is 0 Å². The van der Waals surface area contributed by atoms with E-state index in [0.717, 1.165) is 22.5 Å². The molecule has 5 heteroatoms. The number of ketones is 1. The molecule has 1 aliphatic heterocycles. The zero-order valence-corrected chi connectivity index (χ0v) is 17.4. The predicted octanol–water partition coefficient (Wildman–Crippen LogP) is 4.80. The van der Waals surface area contributed by atoms with Crippen molar-refractivity contribution in [3.63, 3.8) is 0 Å². The Morgan fingerprint density at radius 2 is 1.83 bits per heavy atom. The van der Waals surface area contributed by atoms with Crippen LogP contribution in [0.15, 0.2) is 64.8 Å². The lowest BCUT2D eigenvalue weighted by Gasteiger charge is -2.35. The van der Waals surface area contributed by atoms with E-state index >= 15 is 0 Å². The van der Waals surface area contributed by atoms with Crippen LogP contribution >= 0.6 is 0 Å². The number of benzene rings is 2. The lowest BCUT2D eigenvalue weighted by molar-refractivity contribution is -0.116. The van der Waals surface area contributed by atoms with Gasteiger partial charge in [0.05, 0.1) is 26.2 Å². The van der Waals surface area contributed by atoms with Crippen LogP contribution in [0.3, 0.4) is 0 Å². The zero-order chi connectivity index (χ0) is 21.3. The van der Waals surface area contributed by atoms with Gasteiger partial charge in [-0.05, 0) is 43.0 Å². The van der Waals surface area contributed by atoms with E-state index in [1.807, 2.05) is 43.3 Å². The number of allylic oxidation sites excluding steroid dienone is 2. The second kappa shape index (κ2) is 8.16. The van der Waals surface area contributed by atoms with Gasteiger partial charge in [0.25, 0.3) is 0 Å². The van der Waals surface area contributed by atoms with E-state index < -0.39 is 11.8 Å². The number of hydrogen-bond acceptors (Lipinski definition) is 5. The molecular formula is C25H24N2O3. The summed E-state index contributed by atoms with van der Waals surface area (Å²) in [5.41, 5.74) is 4.09. The van der Waals surface area contributed by atoms with Gasteiger partial charge in [-0.1, -0.05) is 30.3 Å². The van der Waals surface area contributed by atoms with Crippen LogP contribution in [0.4, 0.5) is 0 Å². The van der Waals surface area contributed by atoms with E-state index in [4.69, 9.17) is 14.5 Å². The highest BCUT2D eigenvalue weighted by Crippen LogP contribution is 2.48. The molecule has 0 saturated heterocycles. The Bertz CT molecular complexity index is 1080. The van der Waals surface area contributed by atoms with Crippen molar-refractivity contribution in [1.82, 2.24) is 0 Å². The van der Waals surface area contributed by atoms with Crippen LogP contribution in [0.2, 0.25) is 0 Å². The van der Waals surface area contributed by atoms with Crippen LogP contribution in [0.1, 0.15) is 42.7 Å². The number of methoxy groups -OCH3 is 2. The molecule has 0 bridgehead atoms. The number of Topliss-reactive ketones (excluding diaryl/α,β-unsaturated/α-hetero) is 1. The molecule has 3 unspecified atom stereocenters. The smallest absolute Gasteiger partial charge is 0.161 e. The second-order valence-corrected chi connectivity index (χ2v) is 7.74. The average molecular weight is 400 g/mol. The Kier molecular flexibility index (Phi) is 5.41. The minimum absolute atomic E-state index is 0.0523. The summed E-state index contributed by atoms with van der Waals surface area (Å²) in [6, 6.07) is 18.0. The highest BCUT2D eigenvalue weighted by molar-refractivity contribution is 6.03. The van der Waals surface area contributed by atoms with Crippen molar-refractivity contribution in [2.45, 2.75) is 31.6 Å². The number of rotatable bonds is 4. The molecule has 0 fully saturated rings. The number of carbonyl (C=O) groups excluding carboxylic acids is 1. The summed E-state index contributed by atoms with van der Waals surface area (Å²) in [5.74, 6) is 0.506. The Hall–Kier alpha value is -3.39. The van der Waals surface area contributed by atoms with Crippen molar-refractivity contribution < 1.29 is 14.3 Å². The quantitative estimate of drug-likeness (QED) is 0.739. The molecule has 4 rings (SSSR count). The standard InChI is InChI=1S/C25H24N2O3/c1-15-20(14-26)24(19-13-18(29-2)9-10-23(19)30-3)25-21(27-15)11-17(12-22(25)28)16-7-5-4-6-8-16/h4-10,13,17,20,24H,11-12H2,1-3H3. The monoisotopic (exact) mass is 400 g/mol. The number of aliphatic imine (C=N–C) groups is 1. The summed E-state index contributed by atoms with van der Waals surface area (Å²) in [6.07, 6.45) is 1.10. The van der Waals surface area contributed by atoms with Crippen LogP contribution in [-0.2, 0) is 4.79 Å². The lowest BCUT2D eigenvalue weighted by Crippen LogP contribution is -2.32. The summed E-state index contributed by atoms with van der Waals surface area (Å²) < 4.78 is 11.0. The fourth-order valence-electron chi connectivity index (χ4n) is 4.61. The van der Waals surface area contributed by atoms with E-state index in [-0.39, 0.29) is 11.7 Å². The van der Waals surface area contributed by atoms with E-state index in [0.29, 0.717) is 29.9 Å². The molecule has 1 aliphatic carbocycles. The number of carbonyl (C=O) groups is 1. The van der Waals surface area contributed by atoms with E-state index in [9.17, 15) is 10.1 Å². The zero-order valence-electron chi connectivity index (χ0n) is 17.4. The Morgan fingerprint density at radius 3 is 2.50 bits per heavy atom. The van der Waals surface area contributed by atoms with Crippen molar-refractivity contribution in [3.05, 3.63) is 70.9 Å². The van der Waals surface area contributed by atoms with Crippen LogP contribution < -0.4 is 9.47 Å². The van der Waals surface area contributed by atoms with Crippen molar-refractivity contribution in [2.24, 2.45) is 10.9 Å². The van der Waals surface area contributed by atoms with Crippen molar-refractivity contribution in [2.75, 3.05) is 14.2 Å². The number of nitriles is 1. The largest absolute Gasteiger partial charge is 0.497 e.